The van der Waals surface area contributed by atoms with E-state index in [1.807, 2.05) is 0 Å². The molecule has 1 fully saturated rings. The molecule has 0 radical (unpaired) electrons. The average molecular weight is 199 g/mol. The standard InChI is InChI=1S/C12H25NO/c1-3-4-5-6-8-12(2)10-11(13)7-9-14-12/h11H,3-10,13H2,1-2H3. The third-order valence-electron chi connectivity index (χ3n) is 3.19. The lowest BCUT2D eigenvalue weighted by Gasteiger charge is -2.37. The summed E-state index contributed by atoms with van der Waals surface area (Å²) in [7, 11) is 0. The molecular formula is C12H25NO. The fraction of sp³-hybridized carbons (Fsp3) is 1.00. The van der Waals surface area contributed by atoms with Gasteiger partial charge in [-0.3, -0.25) is 0 Å². The zero-order chi connectivity index (χ0) is 10.4. The van der Waals surface area contributed by atoms with E-state index in [-0.39, 0.29) is 5.60 Å². The Morgan fingerprint density at radius 3 is 2.79 bits per heavy atom. The number of rotatable bonds is 5. The van der Waals surface area contributed by atoms with Gasteiger partial charge in [0.15, 0.2) is 0 Å². The van der Waals surface area contributed by atoms with Gasteiger partial charge in [0.1, 0.15) is 0 Å². The van der Waals surface area contributed by atoms with Crippen molar-refractivity contribution in [3.63, 3.8) is 0 Å². The monoisotopic (exact) mass is 199 g/mol. The van der Waals surface area contributed by atoms with Crippen LogP contribution in [-0.2, 0) is 4.74 Å². The molecule has 2 nitrogen and oxygen atoms in total. The maximum absolute atomic E-state index is 5.96. The summed E-state index contributed by atoms with van der Waals surface area (Å²) in [6.45, 7) is 5.32. The van der Waals surface area contributed by atoms with Crippen LogP contribution in [-0.4, -0.2) is 18.2 Å². The molecule has 84 valence electrons. The Labute approximate surface area is 88.2 Å². The highest BCUT2D eigenvalue weighted by Crippen LogP contribution is 2.29. The second-order valence-corrected chi connectivity index (χ2v) is 4.86. The molecule has 0 aromatic heterocycles. The highest BCUT2D eigenvalue weighted by molar-refractivity contribution is 4.84. The van der Waals surface area contributed by atoms with E-state index in [0.717, 1.165) is 19.4 Å². The van der Waals surface area contributed by atoms with Crippen LogP contribution in [0, 0.1) is 0 Å². The van der Waals surface area contributed by atoms with Gasteiger partial charge in [-0.1, -0.05) is 32.6 Å². The number of ether oxygens (including phenoxy) is 1. The lowest BCUT2D eigenvalue weighted by Crippen LogP contribution is -2.42. The van der Waals surface area contributed by atoms with Gasteiger partial charge in [0.05, 0.1) is 5.60 Å². The van der Waals surface area contributed by atoms with Gasteiger partial charge in [-0.2, -0.15) is 0 Å². The minimum atomic E-state index is 0.0748. The maximum Gasteiger partial charge on any atom is 0.0669 e. The lowest BCUT2D eigenvalue weighted by atomic mass is 9.88. The summed E-state index contributed by atoms with van der Waals surface area (Å²) in [6.07, 6.45) is 8.53. The maximum atomic E-state index is 5.96. The zero-order valence-corrected chi connectivity index (χ0v) is 9.72. The summed E-state index contributed by atoms with van der Waals surface area (Å²) >= 11 is 0. The van der Waals surface area contributed by atoms with Gasteiger partial charge in [-0.05, 0) is 26.2 Å². The molecule has 14 heavy (non-hydrogen) atoms. The Hall–Kier alpha value is -0.0800. The molecule has 1 saturated heterocycles. The van der Waals surface area contributed by atoms with Crippen molar-refractivity contribution in [2.45, 2.75) is 70.4 Å². The molecule has 2 unspecified atom stereocenters. The van der Waals surface area contributed by atoms with Crippen molar-refractivity contribution in [2.24, 2.45) is 5.73 Å². The van der Waals surface area contributed by atoms with Crippen molar-refractivity contribution in [3.8, 4) is 0 Å². The van der Waals surface area contributed by atoms with Crippen LogP contribution < -0.4 is 5.73 Å². The van der Waals surface area contributed by atoms with Gasteiger partial charge in [0.2, 0.25) is 0 Å². The Morgan fingerprint density at radius 1 is 1.36 bits per heavy atom. The highest BCUT2D eigenvalue weighted by Gasteiger charge is 2.30. The molecule has 2 N–H and O–H groups in total. The molecule has 0 amide bonds. The molecule has 1 aliphatic heterocycles. The smallest absolute Gasteiger partial charge is 0.0669 e. The molecular weight excluding hydrogens is 174 g/mol. The van der Waals surface area contributed by atoms with Crippen LogP contribution in [0.2, 0.25) is 0 Å². The van der Waals surface area contributed by atoms with Crippen LogP contribution >= 0.6 is 0 Å². The number of hydrogen-bond acceptors (Lipinski definition) is 2. The van der Waals surface area contributed by atoms with Crippen LogP contribution in [0.4, 0.5) is 0 Å². The van der Waals surface area contributed by atoms with Gasteiger partial charge in [0, 0.05) is 12.6 Å². The average Bonchev–Trinajstić information content (AvgIpc) is 2.12. The topological polar surface area (TPSA) is 35.2 Å². The summed E-state index contributed by atoms with van der Waals surface area (Å²) in [4.78, 5) is 0. The molecule has 0 spiro atoms. The molecule has 0 aromatic carbocycles. The first kappa shape index (κ1) is 12.0. The van der Waals surface area contributed by atoms with Crippen LogP contribution in [0.1, 0.15) is 58.8 Å². The fourth-order valence-electron chi connectivity index (χ4n) is 2.27. The van der Waals surface area contributed by atoms with E-state index in [9.17, 15) is 0 Å². The van der Waals surface area contributed by atoms with Crippen molar-refractivity contribution in [3.05, 3.63) is 0 Å². The normalized spacial score (nSPS) is 33.2. The van der Waals surface area contributed by atoms with E-state index >= 15 is 0 Å². The molecule has 0 saturated carbocycles. The van der Waals surface area contributed by atoms with Crippen LogP contribution in [0.5, 0.6) is 0 Å². The van der Waals surface area contributed by atoms with E-state index in [4.69, 9.17) is 10.5 Å². The second kappa shape index (κ2) is 5.72. The van der Waals surface area contributed by atoms with E-state index in [2.05, 4.69) is 13.8 Å². The predicted molar refractivity (Wildman–Crippen MR) is 60.3 cm³/mol. The molecule has 0 aromatic rings. The van der Waals surface area contributed by atoms with Crippen molar-refractivity contribution >= 4 is 0 Å². The van der Waals surface area contributed by atoms with Gasteiger partial charge in [0.25, 0.3) is 0 Å². The minimum Gasteiger partial charge on any atom is -0.375 e. The van der Waals surface area contributed by atoms with Crippen LogP contribution in [0.15, 0.2) is 0 Å². The van der Waals surface area contributed by atoms with Crippen LogP contribution in [0.25, 0.3) is 0 Å². The van der Waals surface area contributed by atoms with E-state index < -0.39 is 0 Å². The lowest BCUT2D eigenvalue weighted by molar-refractivity contribution is -0.0775. The fourth-order valence-corrected chi connectivity index (χ4v) is 2.27. The highest BCUT2D eigenvalue weighted by atomic mass is 16.5. The molecule has 0 bridgehead atoms. The van der Waals surface area contributed by atoms with E-state index in [1.54, 1.807) is 0 Å². The van der Waals surface area contributed by atoms with Crippen molar-refractivity contribution in [2.75, 3.05) is 6.61 Å². The first-order valence-corrected chi connectivity index (χ1v) is 6.06. The molecule has 1 heterocycles. The second-order valence-electron chi connectivity index (χ2n) is 4.86. The Balaban J connectivity index is 2.19. The third kappa shape index (κ3) is 3.97. The van der Waals surface area contributed by atoms with Gasteiger partial charge >= 0.3 is 0 Å². The van der Waals surface area contributed by atoms with Crippen molar-refractivity contribution in [1.29, 1.82) is 0 Å². The first-order valence-electron chi connectivity index (χ1n) is 6.06. The summed E-state index contributed by atoms with van der Waals surface area (Å²) in [6, 6.07) is 0.361. The third-order valence-corrected chi connectivity index (χ3v) is 3.19. The van der Waals surface area contributed by atoms with E-state index in [1.165, 1.54) is 32.1 Å². The van der Waals surface area contributed by atoms with Crippen molar-refractivity contribution < 1.29 is 4.74 Å². The zero-order valence-electron chi connectivity index (χ0n) is 9.72. The quantitative estimate of drug-likeness (QED) is 0.691. The summed E-state index contributed by atoms with van der Waals surface area (Å²) in [5.41, 5.74) is 6.04. The number of unbranched alkanes of at least 4 members (excludes halogenated alkanes) is 3. The molecule has 2 atom stereocenters. The van der Waals surface area contributed by atoms with Gasteiger partial charge in [-0.25, -0.2) is 0 Å². The van der Waals surface area contributed by atoms with Gasteiger partial charge < -0.3 is 10.5 Å². The van der Waals surface area contributed by atoms with Gasteiger partial charge in [-0.15, -0.1) is 0 Å². The Bertz CT molecular complexity index is 160. The summed E-state index contributed by atoms with van der Waals surface area (Å²) in [5, 5.41) is 0. The van der Waals surface area contributed by atoms with Crippen LogP contribution in [0.3, 0.4) is 0 Å². The van der Waals surface area contributed by atoms with E-state index in [0.29, 0.717) is 6.04 Å². The molecule has 1 rings (SSSR count). The Morgan fingerprint density at radius 2 is 2.14 bits per heavy atom. The largest absolute Gasteiger partial charge is 0.375 e. The van der Waals surface area contributed by atoms with Crippen molar-refractivity contribution in [1.82, 2.24) is 0 Å². The summed E-state index contributed by atoms with van der Waals surface area (Å²) < 4.78 is 5.84. The number of nitrogens with two attached hydrogens (primary N) is 1. The summed E-state index contributed by atoms with van der Waals surface area (Å²) in [5.74, 6) is 0. The predicted octanol–water partition coefficient (Wildman–Crippen LogP) is 2.85. The Kier molecular flexibility index (Phi) is 4.90. The molecule has 1 aliphatic rings. The molecule has 2 heteroatoms. The minimum absolute atomic E-state index is 0.0748. The SMILES string of the molecule is CCCCCCC1(C)CC(N)CCO1. The first-order chi connectivity index (χ1) is 6.66. The number of hydrogen-bond donors (Lipinski definition) is 1. The molecule has 0 aliphatic carbocycles.